The van der Waals surface area contributed by atoms with E-state index in [1.165, 1.54) is 0 Å². The molecule has 1 aliphatic rings. The smallest absolute Gasteiger partial charge is 0.228 e. The van der Waals surface area contributed by atoms with Crippen LogP contribution in [0.25, 0.3) is 0 Å². The van der Waals surface area contributed by atoms with E-state index >= 15 is 0 Å². The molecule has 1 saturated heterocycles. The number of benzene rings is 1. The van der Waals surface area contributed by atoms with Crippen LogP contribution in [0.2, 0.25) is 0 Å². The van der Waals surface area contributed by atoms with Gasteiger partial charge >= 0.3 is 0 Å². The van der Waals surface area contributed by atoms with Crippen LogP contribution in [0.1, 0.15) is 44.9 Å². The maximum Gasteiger partial charge on any atom is 0.228 e. The Labute approximate surface area is 197 Å². The Morgan fingerprint density at radius 3 is 2.72 bits per heavy atom. The minimum atomic E-state index is -3.60. The summed E-state index contributed by atoms with van der Waals surface area (Å²) in [5, 5.41) is 3.99. The predicted octanol–water partition coefficient (Wildman–Crippen LogP) is 3.39. The second-order valence-electron chi connectivity index (χ2n) is 8.63. The van der Waals surface area contributed by atoms with E-state index in [2.05, 4.69) is 29.0 Å². The highest BCUT2D eigenvalue weighted by Crippen LogP contribution is 2.21. The van der Waals surface area contributed by atoms with E-state index in [0.29, 0.717) is 24.7 Å². The summed E-state index contributed by atoms with van der Waals surface area (Å²) in [5.41, 5.74) is 1.59. The fraction of sp³-hybridized carbons (Fsp3) is 0.565. The summed E-state index contributed by atoms with van der Waals surface area (Å²) in [4.78, 5) is 6.45. The molecule has 2 heterocycles. The molecule has 0 saturated carbocycles. The Balaban J connectivity index is 1.89. The number of nitrogens with one attached hydrogen (secondary N) is 1. The largest absolute Gasteiger partial charge is 0.376 e. The molecular weight excluding hydrogens is 444 g/mol. The van der Waals surface area contributed by atoms with Crippen LogP contribution >= 0.6 is 12.2 Å². The van der Waals surface area contributed by atoms with Crippen molar-refractivity contribution in [3.8, 4) is 0 Å². The average molecular weight is 479 g/mol. The van der Waals surface area contributed by atoms with Crippen LogP contribution in [0.5, 0.6) is 0 Å². The standard InChI is InChI=1S/C23H34N4O3S2/c1-4-24-22(31)26(16-21-11-8-12-30-21)15-20-13-25-23(27(20)14-18(2)3)32(28,29)17-19-9-6-5-7-10-19/h5-7,9-10,13,18,21H,4,8,11-12,14-17H2,1-3H3,(H,24,31). The van der Waals surface area contributed by atoms with Crippen molar-refractivity contribution in [2.75, 3.05) is 19.7 Å². The summed E-state index contributed by atoms with van der Waals surface area (Å²) < 4.78 is 34.2. The zero-order valence-corrected chi connectivity index (χ0v) is 20.8. The van der Waals surface area contributed by atoms with E-state index < -0.39 is 9.84 Å². The van der Waals surface area contributed by atoms with Gasteiger partial charge in [0.05, 0.1) is 30.3 Å². The molecule has 2 aromatic rings. The molecule has 1 fully saturated rings. The quantitative estimate of drug-likeness (QED) is 0.525. The number of nitrogens with zero attached hydrogens (tertiary/aromatic N) is 3. The maximum atomic E-state index is 13.3. The van der Waals surface area contributed by atoms with Gasteiger partial charge in [-0.25, -0.2) is 13.4 Å². The summed E-state index contributed by atoms with van der Waals surface area (Å²) in [6, 6.07) is 9.23. The van der Waals surface area contributed by atoms with Crippen molar-refractivity contribution >= 4 is 27.2 Å². The van der Waals surface area contributed by atoms with Crippen molar-refractivity contribution < 1.29 is 13.2 Å². The van der Waals surface area contributed by atoms with Crippen LogP contribution in [-0.4, -0.2) is 53.8 Å². The summed E-state index contributed by atoms with van der Waals surface area (Å²) >= 11 is 5.62. The first-order valence-electron chi connectivity index (χ1n) is 11.3. The number of hydrogen-bond donors (Lipinski definition) is 1. The third-order valence-electron chi connectivity index (χ3n) is 5.34. The molecular formula is C23H34N4O3S2. The summed E-state index contributed by atoms with van der Waals surface area (Å²) in [6.07, 6.45) is 3.87. The van der Waals surface area contributed by atoms with Crippen molar-refractivity contribution in [1.82, 2.24) is 19.8 Å². The topological polar surface area (TPSA) is 76.5 Å². The second kappa shape index (κ2) is 11.2. The molecule has 3 rings (SSSR count). The number of thiocarbonyl (C=S) groups is 1. The Morgan fingerprint density at radius 2 is 2.09 bits per heavy atom. The lowest BCUT2D eigenvalue weighted by molar-refractivity contribution is 0.0892. The van der Waals surface area contributed by atoms with E-state index in [4.69, 9.17) is 17.0 Å². The average Bonchev–Trinajstić information content (AvgIpc) is 3.38. The van der Waals surface area contributed by atoms with Crippen LogP contribution in [-0.2, 0) is 33.4 Å². The van der Waals surface area contributed by atoms with Gasteiger partial charge in [-0.15, -0.1) is 0 Å². The number of rotatable bonds is 10. The molecule has 0 aliphatic carbocycles. The van der Waals surface area contributed by atoms with E-state index in [0.717, 1.165) is 37.3 Å². The van der Waals surface area contributed by atoms with E-state index in [-0.39, 0.29) is 22.9 Å². The molecule has 1 aromatic carbocycles. The first-order chi connectivity index (χ1) is 15.3. The summed E-state index contributed by atoms with van der Waals surface area (Å²) in [5.74, 6) is 0.193. The van der Waals surface area contributed by atoms with Gasteiger partial charge in [0, 0.05) is 26.2 Å². The Kier molecular flexibility index (Phi) is 8.67. The van der Waals surface area contributed by atoms with E-state index in [9.17, 15) is 8.42 Å². The van der Waals surface area contributed by atoms with Crippen LogP contribution < -0.4 is 5.32 Å². The van der Waals surface area contributed by atoms with Gasteiger partial charge in [-0.05, 0) is 43.5 Å². The number of imidazole rings is 1. The molecule has 7 nitrogen and oxygen atoms in total. The Hall–Kier alpha value is -1.97. The molecule has 1 aliphatic heterocycles. The highest BCUT2D eigenvalue weighted by molar-refractivity contribution is 7.90. The molecule has 0 spiro atoms. The molecule has 1 unspecified atom stereocenters. The fourth-order valence-electron chi connectivity index (χ4n) is 3.90. The van der Waals surface area contributed by atoms with Crippen LogP contribution in [0.15, 0.2) is 41.7 Å². The normalized spacial score (nSPS) is 16.4. The Morgan fingerprint density at radius 1 is 1.34 bits per heavy atom. The molecule has 176 valence electrons. The van der Waals surface area contributed by atoms with Gasteiger partial charge in [0.1, 0.15) is 0 Å². The molecule has 1 atom stereocenters. The van der Waals surface area contributed by atoms with Gasteiger partial charge in [-0.3, -0.25) is 0 Å². The first kappa shape index (κ1) is 24.7. The third-order valence-corrected chi connectivity index (χ3v) is 7.34. The van der Waals surface area contributed by atoms with Crippen molar-refractivity contribution in [2.45, 2.75) is 63.7 Å². The second-order valence-corrected chi connectivity index (χ2v) is 10.9. The zero-order chi connectivity index (χ0) is 23.1. The lowest BCUT2D eigenvalue weighted by atomic mass is 10.2. The van der Waals surface area contributed by atoms with Gasteiger partial charge < -0.3 is 19.5 Å². The minimum absolute atomic E-state index is 0.0716. The molecule has 0 amide bonds. The van der Waals surface area contributed by atoms with Crippen LogP contribution in [0.4, 0.5) is 0 Å². The summed E-state index contributed by atoms with van der Waals surface area (Å²) in [7, 11) is -3.60. The van der Waals surface area contributed by atoms with Gasteiger partial charge in [0.25, 0.3) is 0 Å². The molecule has 1 aromatic heterocycles. The van der Waals surface area contributed by atoms with Gasteiger partial charge in [-0.2, -0.15) is 0 Å². The van der Waals surface area contributed by atoms with Crippen molar-refractivity contribution in [1.29, 1.82) is 0 Å². The lowest BCUT2D eigenvalue weighted by Gasteiger charge is -2.28. The first-order valence-corrected chi connectivity index (χ1v) is 13.3. The number of sulfone groups is 1. The Bertz CT molecular complexity index is 984. The molecule has 0 bridgehead atoms. The van der Waals surface area contributed by atoms with Crippen molar-refractivity contribution in [3.63, 3.8) is 0 Å². The van der Waals surface area contributed by atoms with Gasteiger partial charge in [0.15, 0.2) is 5.11 Å². The number of ether oxygens (including phenoxy) is 1. The lowest BCUT2D eigenvalue weighted by Crippen LogP contribution is -2.43. The summed E-state index contributed by atoms with van der Waals surface area (Å²) in [6.45, 7) is 9.38. The maximum absolute atomic E-state index is 13.3. The van der Waals surface area contributed by atoms with Gasteiger partial charge in [0.2, 0.25) is 15.0 Å². The SMILES string of the molecule is CCNC(=S)N(Cc1cnc(S(=O)(=O)Cc2ccccc2)n1CC(C)C)CC1CCCO1. The number of hydrogen-bond acceptors (Lipinski definition) is 5. The minimum Gasteiger partial charge on any atom is -0.376 e. The highest BCUT2D eigenvalue weighted by atomic mass is 32.2. The van der Waals surface area contributed by atoms with Crippen molar-refractivity contribution in [2.24, 2.45) is 5.92 Å². The predicted molar refractivity (Wildman–Crippen MR) is 130 cm³/mol. The zero-order valence-electron chi connectivity index (χ0n) is 19.2. The number of aromatic nitrogens is 2. The molecule has 32 heavy (non-hydrogen) atoms. The van der Waals surface area contributed by atoms with Crippen LogP contribution in [0.3, 0.4) is 0 Å². The molecule has 0 radical (unpaired) electrons. The van der Waals surface area contributed by atoms with Gasteiger partial charge in [-0.1, -0.05) is 44.2 Å². The monoisotopic (exact) mass is 478 g/mol. The fourth-order valence-corrected chi connectivity index (χ4v) is 5.68. The molecule has 9 heteroatoms. The van der Waals surface area contributed by atoms with E-state index in [1.54, 1.807) is 6.20 Å². The van der Waals surface area contributed by atoms with Crippen LogP contribution in [0, 0.1) is 5.92 Å². The van der Waals surface area contributed by atoms with E-state index in [1.807, 2.05) is 41.8 Å². The molecule has 1 N–H and O–H groups in total. The third kappa shape index (κ3) is 6.52. The highest BCUT2D eigenvalue weighted by Gasteiger charge is 2.27. The van der Waals surface area contributed by atoms with Crippen molar-refractivity contribution in [3.05, 3.63) is 47.8 Å².